The van der Waals surface area contributed by atoms with Crippen LogP contribution in [-0.2, 0) is 10.0 Å². The molecule has 1 aliphatic heterocycles. The van der Waals surface area contributed by atoms with E-state index < -0.39 is 14.9 Å². The summed E-state index contributed by atoms with van der Waals surface area (Å²) in [7, 11) is -3.58. The average molecular weight is 367 g/mol. The van der Waals surface area contributed by atoms with Gasteiger partial charge in [0.25, 0.3) is 5.69 Å². The Kier molecular flexibility index (Phi) is 5.71. The molecule has 0 aromatic heterocycles. The number of sulfonamides is 1. The van der Waals surface area contributed by atoms with E-state index in [1.54, 1.807) is 0 Å². The fraction of sp³-hybridized carbons (Fsp3) is 0.647. The third-order valence-electron chi connectivity index (χ3n) is 5.26. The molecule has 0 unspecified atom stereocenters. The van der Waals surface area contributed by atoms with Crippen molar-refractivity contribution in [1.29, 1.82) is 0 Å². The van der Waals surface area contributed by atoms with Gasteiger partial charge in [-0.1, -0.05) is 19.3 Å². The number of piperazine rings is 1. The lowest BCUT2D eigenvalue weighted by Crippen LogP contribution is -2.49. The molecule has 1 heterocycles. The van der Waals surface area contributed by atoms with Gasteiger partial charge in [-0.3, -0.25) is 10.1 Å². The summed E-state index contributed by atoms with van der Waals surface area (Å²) in [6, 6.07) is 5.13. The Morgan fingerprint density at radius 1 is 1.00 bits per heavy atom. The Morgan fingerprint density at radius 2 is 1.60 bits per heavy atom. The first-order chi connectivity index (χ1) is 12.0. The molecule has 1 aromatic rings. The van der Waals surface area contributed by atoms with Crippen LogP contribution in [0.2, 0.25) is 0 Å². The molecule has 1 saturated heterocycles. The highest BCUT2D eigenvalue weighted by Crippen LogP contribution is 2.25. The molecule has 0 spiro atoms. The van der Waals surface area contributed by atoms with Crippen molar-refractivity contribution in [2.45, 2.75) is 37.0 Å². The Balaban J connectivity index is 1.58. The zero-order chi connectivity index (χ0) is 17.9. The quantitative estimate of drug-likeness (QED) is 0.590. The van der Waals surface area contributed by atoms with Gasteiger partial charge in [-0.05, 0) is 30.9 Å². The van der Waals surface area contributed by atoms with E-state index in [1.165, 1.54) is 60.7 Å². The maximum atomic E-state index is 12.7. The monoisotopic (exact) mass is 367 g/mol. The van der Waals surface area contributed by atoms with Gasteiger partial charge in [0, 0.05) is 44.9 Å². The maximum Gasteiger partial charge on any atom is 0.269 e. The summed E-state index contributed by atoms with van der Waals surface area (Å²) in [5.74, 6) is 0.756. The van der Waals surface area contributed by atoms with E-state index in [0.717, 1.165) is 25.6 Å². The van der Waals surface area contributed by atoms with Gasteiger partial charge in [0.05, 0.1) is 9.82 Å². The van der Waals surface area contributed by atoms with E-state index >= 15 is 0 Å². The minimum absolute atomic E-state index is 0.101. The zero-order valence-corrected chi connectivity index (χ0v) is 15.2. The van der Waals surface area contributed by atoms with Crippen LogP contribution in [0.5, 0.6) is 0 Å². The first-order valence-electron chi connectivity index (χ1n) is 8.94. The molecule has 0 bridgehead atoms. The van der Waals surface area contributed by atoms with Gasteiger partial charge in [0.1, 0.15) is 0 Å². The highest BCUT2D eigenvalue weighted by atomic mass is 32.2. The second kappa shape index (κ2) is 7.80. The predicted octanol–water partition coefficient (Wildman–Crippen LogP) is 2.48. The number of hydrogen-bond acceptors (Lipinski definition) is 5. The van der Waals surface area contributed by atoms with E-state index in [-0.39, 0.29) is 10.6 Å². The number of nitro benzene ring substituents is 1. The van der Waals surface area contributed by atoms with E-state index in [2.05, 4.69) is 4.90 Å². The van der Waals surface area contributed by atoms with E-state index in [4.69, 9.17) is 0 Å². The van der Waals surface area contributed by atoms with Crippen LogP contribution in [-0.4, -0.2) is 55.3 Å². The first kappa shape index (κ1) is 18.3. The lowest BCUT2D eigenvalue weighted by atomic mass is 9.89. The topological polar surface area (TPSA) is 83.8 Å². The van der Waals surface area contributed by atoms with Gasteiger partial charge in [-0.2, -0.15) is 4.31 Å². The van der Waals surface area contributed by atoms with Gasteiger partial charge < -0.3 is 4.90 Å². The zero-order valence-electron chi connectivity index (χ0n) is 14.3. The van der Waals surface area contributed by atoms with Crippen molar-refractivity contribution in [2.75, 3.05) is 32.7 Å². The maximum absolute atomic E-state index is 12.7. The van der Waals surface area contributed by atoms with E-state index in [0.29, 0.717) is 13.1 Å². The summed E-state index contributed by atoms with van der Waals surface area (Å²) in [5.41, 5.74) is -0.101. The molecule has 1 aromatic carbocycles. The average Bonchev–Trinajstić information content (AvgIpc) is 2.63. The van der Waals surface area contributed by atoms with E-state index in [9.17, 15) is 18.5 Å². The van der Waals surface area contributed by atoms with Crippen molar-refractivity contribution in [2.24, 2.45) is 5.92 Å². The van der Waals surface area contributed by atoms with Crippen LogP contribution < -0.4 is 0 Å². The van der Waals surface area contributed by atoms with Crippen molar-refractivity contribution < 1.29 is 13.3 Å². The van der Waals surface area contributed by atoms with Crippen LogP contribution >= 0.6 is 0 Å². The molecule has 138 valence electrons. The van der Waals surface area contributed by atoms with Crippen molar-refractivity contribution in [3.05, 3.63) is 34.4 Å². The van der Waals surface area contributed by atoms with Crippen LogP contribution in [0.25, 0.3) is 0 Å². The molecule has 7 nitrogen and oxygen atoms in total. The van der Waals surface area contributed by atoms with Crippen LogP contribution in [0.15, 0.2) is 29.2 Å². The van der Waals surface area contributed by atoms with Gasteiger partial charge in [0.15, 0.2) is 0 Å². The Bertz CT molecular complexity index is 691. The first-order valence-corrected chi connectivity index (χ1v) is 10.4. The molecule has 8 heteroatoms. The fourth-order valence-electron chi connectivity index (χ4n) is 3.78. The summed E-state index contributed by atoms with van der Waals surface area (Å²) in [6.07, 6.45) is 6.57. The number of rotatable bonds is 5. The summed E-state index contributed by atoms with van der Waals surface area (Å²) in [5, 5.41) is 10.7. The number of hydrogen-bond donors (Lipinski definition) is 0. The molecule has 2 aliphatic rings. The highest BCUT2D eigenvalue weighted by Gasteiger charge is 2.29. The van der Waals surface area contributed by atoms with Gasteiger partial charge >= 0.3 is 0 Å². The largest absolute Gasteiger partial charge is 0.300 e. The summed E-state index contributed by atoms with van der Waals surface area (Å²) in [4.78, 5) is 12.7. The van der Waals surface area contributed by atoms with Crippen LogP contribution in [0, 0.1) is 16.0 Å². The molecule has 0 amide bonds. The molecular formula is C17H25N3O4S. The molecule has 1 saturated carbocycles. The molecule has 0 N–H and O–H groups in total. The van der Waals surface area contributed by atoms with Gasteiger partial charge in [-0.25, -0.2) is 8.42 Å². The molecule has 25 heavy (non-hydrogen) atoms. The smallest absolute Gasteiger partial charge is 0.269 e. The lowest BCUT2D eigenvalue weighted by Gasteiger charge is -2.36. The Morgan fingerprint density at radius 3 is 2.16 bits per heavy atom. The van der Waals surface area contributed by atoms with Gasteiger partial charge in [0.2, 0.25) is 10.0 Å². The lowest BCUT2D eigenvalue weighted by molar-refractivity contribution is -0.384. The highest BCUT2D eigenvalue weighted by molar-refractivity contribution is 7.89. The van der Waals surface area contributed by atoms with Crippen molar-refractivity contribution in [3.8, 4) is 0 Å². The molecule has 3 rings (SSSR count). The second-order valence-corrected chi connectivity index (χ2v) is 8.90. The number of non-ortho nitro benzene ring substituents is 1. The summed E-state index contributed by atoms with van der Waals surface area (Å²) >= 11 is 0. The van der Waals surface area contributed by atoms with Crippen LogP contribution in [0.4, 0.5) is 5.69 Å². The minimum atomic E-state index is -3.58. The van der Waals surface area contributed by atoms with Crippen LogP contribution in [0.1, 0.15) is 32.1 Å². The SMILES string of the molecule is O=[N+]([O-])c1ccc(S(=O)(=O)N2CCN(CC3CCCCC3)CC2)cc1. The van der Waals surface area contributed by atoms with Crippen molar-refractivity contribution in [3.63, 3.8) is 0 Å². The number of nitro groups is 1. The normalized spacial score (nSPS) is 21.3. The van der Waals surface area contributed by atoms with Crippen molar-refractivity contribution >= 4 is 15.7 Å². The summed E-state index contributed by atoms with van der Waals surface area (Å²) < 4.78 is 26.9. The Labute approximate surface area is 148 Å². The third kappa shape index (κ3) is 4.37. The molecule has 0 radical (unpaired) electrons. The molecule has 2 fully saturated rings. The summed E-state index contributed by atoms with van der Waals surface area (Å²) in [6.45, 7) is 3.54. The van der Waals surface area contributed by atoms with Gasteiger partial charge in [-0.15, -0.1) is 0 Å². The number of benzene rings is 1. The fourth-order valence-corrected chi connectivity index (χ4v) is 5.20. The predicted molar refractivity (Wildman–Crippen MR) is 94.9 cm³/mol. The standard InChI is InChI=1S/C17H25N3O4S/c21-20(22)16-6-8-17(9-7-16)25(23,24)19-12-10-18(11-13-19)14-15-4-2-1-3-5-15/h6-9,15H,1-5,10-14H2. The molecule has 0 atom stereocenters. The van der Waals surface area contributed by atoms with Crippen LogP contribution in [0.3, 0.4) is 0 Å². The minimum Gasteiger partial charge on any atom is -0.300 e. The third-order valence-corrected chi connectivity index (χ3v) is 7.17. The van der Waals surface area contributed by atoms with E-state index in [1.807, 2.05) is 0 Å². The molecular weight excluding hydrogens is 342 g/mol. The second-order valence-electron chi connectivity index (χ2n) is 6.96. The number of nitrogens with zero attached hydrogens (tertiary/aromatic N) is 3. The molecule has 1 aliphatic carbocycles. The van der Waals surface area contributed by atoms with Crippen molar-refractivity contribution in [1.82, 2.24) is 9.21 Å². The Hall–Kier alpha value is -1.51.